The van der Waals surface area contributed by atoms with Gasteiger partial charge in [-0.15, -0.1) is 0 Å². The van der Waals surface area contributed by atoms with Gasteiger partial charge in [-0.05, 0) is 24.3 Å². The second-order valence-electron chi connectivity index (χ2n) is 3.76. The predicted octanol–water partition coefficient (Wildman–Crippen LogP) is 5.95. The summed E-state index contributed by atoms with van der Waals surface area (Å²) in [5, 5.41) is 14.8. The van der Waals surface area contributed by atoms with Crippen molar-refractivity contribution in [3.8, 4) is 0 Å². The van der Waals surface area contributed by atoms with E-state index in [1.807, 2.05) is 0 Å². The van der Waals surface area contributed by atoms with Crippen LogP contribution < -0.4 is 5.32 Å². The Morgan fingerprint density at radius 1 is 0.900 bits per heavy atom. The van der Waals surface area contributed by atoms with Crippen molar-refractivity contribution in [3.63, 3.8) is 0 Å². The van der Waals surface area contributed by atoms with Gasteiger partial charge in [-0.25, -0.2) is 0 Å². The van der Waals surface area contributed by atoms with Crippen molar-refractivity contribution in [1.29, 1.82) is 0 Å². The van der Waals surface area contributed by atoms with Crippen molar-refractivity contribution in [3.05, 3.63) is 60.5 Å². The lowest BCUT2D eigenvalue weighted by Crippen LogP contribution is -1.98. The van der Waals surface area contributed by atoms with E-state index in [1.54, 1.807) is 6.07 Å². The lowest BCUT2D eigenvalue weighted by molar-refractivity contribution is -0.383. The maximum atomic E-state index is 11.0. The molecule has 104 valence electrons. The largest absolute Gasteiger partial charge is 0.349 e. The van der Waals surface area contributed by atoms with Crippen molar-refractivity contribution >= 4 is 63.5 Å². The molecule has 0 aliphatic carbocycles. The van der Waals surface area contributed by atoms with Crippen LogP contribution in [0.4, 0.5) is 17.1 Å². The second-order valence-corrected chi connectivity index (χ2v) is 5.39. The van der Waals surface area contributed by atoms with Crippen molar-refractivity contribution in [2.45, 2.75) is 0 Å². The molecule has 0 atom stereocenters. The number of nitro groups is 1. The second kappa shape index (κ2) is 6.06. The first-order valence-electron chi connectivity index (χ1n) is 5.24. The minimum atomic E-state index is -0.573. The Labute approximate surface area is 134 Å². The number of nitro benzene ring substituents is 1. The average Bonchev–Trinajstić information content (AvgIpc) is 2.35. The highest BCUT2D eigenvalue weighted by Gasteiger charge is 2.19. The summed E-state index contributed by atoms with van der Waals surface area (Å²) in [7, 11) is 0. The van der Waals surface area contributed by atoms with Gasteiger partial charge in [-0.3, -0.25) is 10.1 Å². The monoisotopic (exact) mass is 350 g/mol. The zero-order valence-corrected chi connectivity index (χ0v) is 12.7. The zero-order chi connectivity index (χ0) is 14.9. The average molecular weight is 352 g/mol. The molecule has 0 bridgehead atoms. The standard InChI is InChI=1S/C12H6Cl4N2O2/c13-6-2-1-3-10(12(6)18(19)20)17-11-5-8(15)7(14)4-9(11)16/h1-5,17H. The van der Waals surface area contributed by atoms with Gasteiger partial charge in [-0.1, -0.05) is 52.5 Å². The molecule has 0 heterocycles. The molecule has 2 aromatic carbocycles. The number of anilines is 2. The molecule has 2 aromatic rings. The number of para-hydroxylation sites is 1. The number of nitrogens with one attached hydrogen (secondary N) is 1. The molecule has 0 fully saturated rings. The van der Waals surface area contributed by atoms with E-state index >= 15 is 0 Å². The molecule has 1 N–H and O–H groups in total. The van der Waals surface area contributed by atoms with Crippen LogP contribution in [0.5, 0.6) is 0 Å². The van der Waals surface area contributed by atoms with Crippen LogP contribution >= 0.6 is 46.4 Å². The molecule has 0 saturated carbocycles. The van der Waals surface area contributed by atoms with Crippen LogP contribution in [0.1, 0.15) is 0 Å². The molecule has 0 unspecified atom stereocenters. The third-order valence-corrected chi connectivity index (χ3v) is 3.79. The van der Waals surface area contributed by atoms with Crippen LogP contribution in [0.2, 0.25) is 20.1 Å². The Morgan fingerprint density at radius 2 is 1.55 bits per heavy atom. The van der Waals surface area contributed by atoms with E-state index in [1.165, 1.54) is 24.3 Å². The Bertz CT molecular complexity index is 691. The minimum absolute atomic E-state index is 0.0242. The van der Waals surface area contributed by atoms with Gasteiger partial charge in [0.15, 0.2) is 0 Å². The predicted molar refractivity (Wildman–Crippen MR) is 82.9 cm³/mol. The molecule has 0 aliphatic heterocycles. The number of hydrogen-bond acceptors (Lipinski definition) is 3. The van der Waals surface area contributed by atoms with Crippen molar-refractivity contribution in [1.82, 2.24) is 0 Å². The summed E-state index contributed by atoms with van der Waals surface area (Å²) < 4.78 is 0. The molecule has 20 heavy (non-hydrogen) atoms. The summed E-state index contributed by atoms with van der Waals surface area (Å²) in [5.74, 6) is 0. The highest BCUT2D eigenvalue weighted by Crippen LogP contribution is 2.38. The number of halogens is 4. The summed E-state index contributed by atoms with van der Waals surface area (Å²) in [4.78, 5) is 10.5. The summed E-state index contributed by atoms with van der Waals surface area (Å²) in [6.45, 7) is 0. The Balaban J connectivity index is 2.48. The van der Waals surface area contributed by atoms with Gasteiger partial charge >= 0.3 is 5.69 Å². The van der Waals surface area contributed by atoms with Crippen LogP contribution in [-0.4, -0.2) is 4.92 Å². The van der Waals surface area contributed by atoms with E-state index in [0.29, 0.717) is 10.7 Å². The quantitative estimate of drug-likeness (QED) is 0.422. The highest BCUT2D eigenvalue weighted by atomic mass is 35.5. The van der Waals surface area contributed by atoms with Gasteiger partial charge in [0, 0.05) is 0 Å². The summed E-state index contributed by atoms with van der Waals surface area (Å²) in [6.07, 6.45) is 0. The van der Waals surface area contributed by atoms with Crippen LogP contribution in [0.15, 0.2) is 30.3 Å². The molecule has 0 aliphatic rings. The van der Waals surface area contributed by atoms with Crippen LogP contribution in [0.3, 0.4) is 0 Å². The van der Waals surface area contributed by atoms with E-state index in [2.05, 4.69) is 5.32 Å². The first-order chi connectivity index (χ1) is 9.40. The molecular weight excluding hydrogens is 346 g/mol. The molecule has 0 saturated heterocycles. The fourth-order valence-corrected chi connectivity index (χ4v) is 2.40. The van der Waals surface area contributed by atoms with Crippen LogP contribution in [0.25, 0.3) is 0 Å². The third kappa shape index (κ3) is 3.10. The fraction of sp³-hybridized carbons (Fsp3) is 0. The number of rotatable bonds is 3. The maximum absolute atomic E-state index is 11.0. The lowest BCUT2D eigenvalue weighted by Gasteiger charge is -2.10. The van der Waals surface area contributed by atoms with Gasteiger partial charge in [0.2, 0.25) is 0 Å². The SMILES string of the molecule is O=[N+]([O-])c1c(Cl)cccc1Nc1cc(Cl)c(Cl)cc1Cl. The summed E-state index contributed by atoms with van der Waals surface area (Å²) in [5.41, 5.74) is 0.366. The van der Waals surface area contributed by atoms with E-state index in [-0.39, 0.29) is 26.4 Å². The Morgan fingerprint density at radius 3 is 2.20 bits per heavy atom. The minimum Gasteiger partial charge on any atom is -0.349 e. The summed E-state index contributed by atoms with van der Waals surface area (Å²) >= 11 is 23.6. The van der Waals surface area contributed by atoms with Gasteiger partial charge in [0.25, 0.3) is 0 Å². The number of nitrogens with zero attached hydrogens (tertiary/aromatic N) is 1. The molecule has 4 nitrogen and oxygen atoms in total. The molecular formula is C12H6Cl4N2O2. The fourth-order valence-electron chi connectivity index (χ4n) is 1.57. The van der Waals surface area contributed by atoms with Gasteiger partial charge in [0.1, 0.15) is 10.7 Å². The smallest absolute Gasteiger partial charge is 0.311 e. The van der Waals surface area contributed by atoms with E-state index < -0.39 is 4.92 Å². The topological polar surface area (TPSA) is 55.2 Å². The Kier molecular flexibility index (Phi) is 4.60. The van der Waals surface area contributed by atoms with Crippen molar-refractivity contribution < 1.29 is 4.92 Å². The maximum Gasteiger partial charge on any atom is 0.311 e. The van der Waals surface area contributed by atoms with Crippen molar-refractivity contribution in [2.75, 3.05) is 5.32 Å². The van der Waals surface area contributed by atoms with Crippen molar-refractivity contribution in [2.24, 2.45) is 0 Å². The first kappa shape index (κ1) is 15.2. The normalized spacial score (nSPS) is 10.4. The molecule has 0 aromatic heterocycles. The molecule has 0 spiro atoms. The molecule has 2 rings (SSSR count). The zero-order valence-electron chi connectivity index (χ0n) is 9.66. The van der Waals surface area contributed by atoms with Gasteiger partial charge in [-0.2, -0.15) is 0 Å². The molecule has 8 heteroatoms. The molecule has 0 radical (unpaired) electrons. The molecule has 0 amide bonds. The van der Waals surface area contributed by atoms with Crippen LogP contribution in [-0.2, 0) is 0 Å². The third-order valence-electron chi connectivity index (χ3n) is 2.45. The Hall–Kier alpha value is -1.20. The number of hydrogen-bond donors (Lipinski definition) is 1. The lowest BCUT2D eigenvalue weighted by atomic mass is 10.2. The van der Waals surface area contributed by atoms with E-state index in [4.69, 9.17) is 46.4 Å². The highest BCUT2D eigenvalue weighted by molar-refractivity contribution is 6.44. The van der Waals surface area contributed by atoms with E-state index in [0.717, 1.165) is 0 Å². The van der Waals surface area contributed by atoms with Gasteiger partial charge in [0.05, 0.1) is 25.7 Å². The van der Waals surface area contributed by atoms with E-state index in [9.17, 15) is 10.1 Å². The van der Waals surface area contributed by atoms with Crippen LogP contribution in [0, 0.1) is 10.1 Å². The van der Waals surface area contributed by atoms with Gasteiger partial charge < -0.3 is 5.32 Å². The summed E-state index contributed by atoms with van der Waals surface area (Å²) in [6, 6.07) is 7.47. The number of benzene rings is 2. The first-order valence-corrected chi connectivity index (χ1v) is 6.76.